The van der Waals surface area contributed by atoms with Gasteiger partial charge in [0.05, 0.1) is 6.20 Å². The zero-order chi connectivity index (χ0) is 6.69. The second kappa shape index (κ2) is 2.55. The molecule has 1 rings (SSSR count). The van der Waals surface area contributed by atoms with Crippen LogP contribution < -0.4 is 0 Å². The first kappa shape index (κ1) is 6.17. The van der Waals surface area contributed by atoms with Gasteiger partial charge in [0.1, 0.15) is 12.4 Å². The molecule has 4 heteroatoms. The lowest BCUT2D eigenvalue weighted by Crippen LogP contribution is -1.74. The second-order valence-corrected chi connectivity index (χ2v) is 2.20. The SMILES string of the molecule is CSn1cnc(C#N)c1. The average Bonchev–Trinajstić information content (AvgIpc) is 2.34. The van der Waals surface area contributed by atoms with Crippen molar-refractivity contribution in [3.05, 3.63) is 18.2 Å². The van der Waals surface area contributed by atoms with Gasteiger partial charge < -0.3 is 0 Å². The molecule has 0 saturated heterocycles. The average molecular weight is 139 g/mol. The lowest BCUT2D eigenvalue weighted by Gasteiger charge is -1.86. The number of imidazole rings is 1. The molecule has 46 valence electrons. The van der Waals surface area contributed by atoms with Crippen LogP contribution in [0.4, 0.5) is 0 Å². The van der Waals surface area contributed by atoms with E-state index in [9.17, 15) is 0 Å². The zero-order valence-corrected chi connectivity index (χ0v) is 5.72. The lowest BCUT2D eigenvalue weighted by atomic mass is 10.6. The van der Waals surface area contributed by atoms with E-state index in [0.717, 1.165) is 0 Å². The number of hydrogen-bond acceptors (Lipinski definition) is 3. The Morgan fingerprint density at radius 1 is 1.89 bits per heavy atom. The van der Waals surface area contributed by atoms with E-state index in [0.29, 0.717) is 5.69 Å². The molecular weight excluding hydrogens is 134 g/mol. The molecular formula is C5H5N3S. The first-order valence-corrected chi connectivity index (χ1v) is 3.53. The first-order valence-electron chi connectivity index (χ1n) is 2.35. The molecule has 1 heterocycles. The molecule has 0 atom stereocenters. The van der Waals surface area contributed by atoms with Crippen LogP contribution in [0.3, 0.4) is 0 Å². The fourth-order valence-corrected chi connectivity index (χ4v) is 0.811. The van der Waals surface area contributed by atoms with Crippen LogP contribution in [0.5, 0.6) is 0 Å². The minimum absolute atomic E-state index is 0.462. The third-order valence-electron chi connectivity index (χ3n) is 0.886. The van der Waals surface area contributed by atoms with Crippen molar-refractivity contribution >= 4 is 11.9 Å². The van der Waals surface area contributed by atoms with E-state index in [2.05, 4.69) is 4.98 Å². The number of hydrogen-bond donors (Lipinski definition) is 0. The van der Waals surface area contributed by atoms with Crippen molar-refractivity contribution in [2.75, 3.05) is 6.26 Å². The summed E-state index contributed by atoms with van der Waals surface area (Å²) in [7, 11) is 0. The third-order valence-corrected chi connectivity index (χ3v) is 1.51. The first-order chi connectivity index (χ1) is 4.36. The molecule has 0 fully saturated rings. The third kappa shape index (κ3) is 1.24. The fourth-order valence-electron chi connectivity index (χ4n) is 0.464. The van der Waals surface area contributed by atoms with Gasteiger partial charge in [0.25, 0.3) is 0 Å². The normalized spacial score (nSPS) is 8.89. The van der Waals surface area contributed by atoms with Crippen LogP contribution in [-0.4, -0.2) is 15.2 Å². The number of rotatable bonds is 1. The maximum atomic E-state index is 8.31. The van der Waals surface area contributed by atoms with Gasteiger partial charge in [-0.2, -0.15) is 5.26 Å². The van der Waals surface area contributed by atoms with E-state index in [1.54, 1.807) is 16.5 Å². The molecule has 0 bridgehead atoms. The van der Waals surface area contributed by atoms with Crippen molar-refractivity contribution in [2.45, 2.75) is 0 Å². The Kier molecular flexibility index (Phi) is 1.75. The van der Waals surface area contributed by atoms with Crippen LogP contribution in [0.1, 0.15) is 5.69 Å². The molecule has 1 aromatic heterocycles. The lowest BCUT2D eigenvalue weighted by molar-refractivity contribution is 1.23. The molecule has 1 aromatic rings. The maximum absolute atomic E-state index is 8.31. The molecule has 0 N–H and O–H groups in total. The van der Waals surface area contributed by atoms with Gasteiger partial charge in [-0.05, 0) is 11.9 Å². The summed E-state index contributed by atoms with van der Waals surface area (Å²) in [5.74, 6) is 0. The predicted octanol–water partition coefficient (Wildman–Crippen LogP) is 0.881. The summed E-state index contributed by atoms with van der Waals surface area (Å²) in [5.41, 5.74) is 0.462. The Balaban J connectivity index is 2.90. The zero-order valence-electron chi connectivity index (χ0n) is 4.90. The molecule has 0 radical (unpaired) electrons. The number of nitriles is 1. The molecule has 0 aromatic carbocycles. The van der Waals surface area contributed by atoms with Crippen LogP contribution in [-0.2, 0) is 0 Å². The second-order valence-electron chi connectivity index (χ2n) is 1.41. The van der Waals surface area contributed by atoms with Gasteiger partial charge in [-0.3, -0.25) is 3.97 Å². The summed E-state index contributed by atoms with van der Waals surface area (Å²) in [5, 5.41) is 8.31. The van der Waals surface area contributed by atoms with E-state index in [-0.39, 0.29) is 0 Å². The fraction of sp³-hybridized carbons (Fsp3) is 0.200. The summed E-state index contributed by atoms with van der Waals surface area (Å²) < 4.78 is 1.78. The summed E-state index contributed by atoms with van der Waals surface area (Å²) in [4.78, 5) is 3.79. The van der Waals surface area contributed by atoms with Crippen LogP contribution in [0, 0.1) is 11.3 Å². The van der Waals surface area contributed by atoms with E-state index in [1.807, 2.05) is 12.3 Å². The monoisotopic (exact) mass is 139 g/mol. The minimum atomic E-state index is 0.462. The van der Waals surface area contributed by atoms with E-state index >= 15 is 0 Å². The number of nitrogens with zero attached hydrogens (tertiary/aromatic N) is 3. The molecule has 0 saturated carbocycles. The smallest absolute Gasteiger partial charge is 0.159 e. The van der Waals surface area contributed by atoms with Crippen LogP contribution >= 0.6 is 11.9 Å². The molecule has 0 unspecified atom stereocenters. The Morgan fingerprint density at radius 3 is 3.00 bits per heavy atom. The quantitative estimate of drug-likeness (QED) is 0.580. The van der Waals surface area contributed by atoms with Crippen LogP contribution in [0.2, 0.25) is 0 Å². The van der Waals surface area contributed by atoms with E-state index in [1.165, 1.54) is 11.9 Å². The van der Waals surface area contributed by atoms with Crippen molar-refractivity contribution in [1.82, 2.24) is 8.96 Å². The predicted molar refractivity (Wildman–Crippen MR) is 35.9 cm³/mol. The largest absolute Gasteiger partial charge is 0.279 e. The van der Waals surface area contributed by atoms with Gasteiger partial charge in [-0.1, -0.05) is 0 Å². The summed E-state index contributed by atoms with van der Waals surface area (Å²) >= 11 is 1.51. The van der Waals surface area contributed by atoms with Gasteiger partial charge in [-0.25, -0.2) is 4.98 Å². The summed E-state index contributed by atoms with van der Waals surface area (Å²) in [6, 6.07) is 1.94. The molecule has 0 aliphatic rings. The Bertz CT molecular complexity index is 235. The van der Waals surface area contributed by atoms with Gasteiger partial charge in [-0.15, -0.1) is 0 Å². The van der Waals surface area contributed by atoms with E-state index < -0.39 is 0 Å². The summed E-state index contributed by atoms with van der Waals surface area (Å²) in [6.07, 6.45) is 5.22. The highest BCUT2D eigenvalue weighted by molar-refractivity contribution is 7.97. The molecule has 0 aliphatic carbocycles. The van der Waals surface area contributed by atoms with Crippen LogP contribution in [0.15, 0.2) is 12.5 Å². The van der Waals surface area contributed by atoms with Crippen molar-refractivity contribution in [1.29, 1.82) is 5.26 Å². The van der Waals surface area contributed by atoms with Crippen molar-refractivity contribution in [3.8, 4) is 6.07 Å². The van der Waals surface area contributed by atoms with Gasteiger partial charge in [0.15, 0.2) is 5.69 Å². The molecule has 0 aliphatic heterocycles. The Labute approximate surface area is 57.5 Å². The van der Waals surface area contributed by atoms with Gasteiger partial charge >= 0.3 is 0 Å². The van der Waals surface area contributed by atoms with Crippen molar-refractivity contribution in [3.63, 3.8) is 0 Å². The minimum Gasteiger partial charge on any atom is -0.279 e. The van der Waals surface area contributed by atoms with Crippen molar-refractivity contribution in [2.24, 2.45) is 0 Å². The standard InChI is InChI=1S/C5H5N3S/c1-9-8-3-5(2-6)7-4-8/h3-4H,1H3. The highest BCUT2D eigenvalue weighted by Crippen LogP contribution is 2.01. The number of aromatic nitrogens is 2. The van der Waals surface area contributed by atoms with Crippen molar-refractivity contribution < 1.29 is 0 Å². The maximum Gasteiger partial charge on any atom is 0.159 e. The molecule has 0 amide bonds. The Hall–Kier alpha value is -0.950. The summed E-state index contributed by atoms with van der Waals surface area (Å²) in [6.45, 7) is 0. The van der Waals surface area contributed by atoms with Gasteiger partial charge in [0.2, 0.25) is 0 Å². The highest BCUT2D eigenvalue weighted by Gasteiger charge is 1.92. The molecule has 9 heavy (non-hydrogen) atoms. The Morgan fingerprint density at radius 2 is 2.67 bits per heavy atom. The van der Waals surface area contributed by atoms with Crippen LogP contribution in [0.25, 0.3) is 0 Å². The highest BCUT2D eigenvalue weighted by atomic mass is 32.2. The molecule has 3 nitrogen and oxygen atoms in total. The molecule has 0 spiro atoms. The topological polar surface area (TPSA) is 41.6 Å². The van der Waals surface area contributed by atoms with E-state index in [4.69, 9.17) is 5.26 Å². The van der Waals surface area contributed by atoms with Gasteiger partial charge in [0, 0.05) is 6.26 Å².